The quantitative estimate of drug-likeness (QED) is 0.734. The molecule has 5 nitrogen and oxygen atoms in total. The average Bonchev–Trinajstić information content (AvgIpc) is 2.41. The van der Waals surface area contributed by atoms with Crippen molar-refractivity contribution in [2.45, 2.75) is 124 Å². The number of carbonyl (C=O) groups is 1. The van der Waals surface area contributed by atoms with Crippen molar-refractivity contribution >= 4 is 5.97 Å². The monoisotopic (exact) mass is 370 g/mol. The van der Waals surface area contributed by atoms with Crippen LogP contribution in [0.4, 0.5) is 0 Å². The van der Waals surface area contributed by atoms with Crippen molar-refractivity contribution in [1.82, 2.24) is 9.96 Å². The van der Waals surface area contributed by atoms with Gasteiger partial charge in [0.25, 0.3) is 0 Å². The molecule has 0 saturated carbocycles. The molecule has 0 bridgehead atoms. The zero-order valence-corrected chi connectivity index (χ0v) is 18.7. The summed E-state index contributed by atoms with van der Waals surface area (Å²) in [6, 6.07) is 0.447. The largest absolute Gasteiger partial charge is 0.392 e. The molecular weight excluding hydrogens is 328 g/mol. The van der Waals surface area contributed by atoms with Crippen LogP contribution in [-0.4, -0.2) is 56.3 Å². The maximum Gasteiger partial charge on any atom is 0.332 e. The van der Waals surface area contributed by atoms with Crippen LogP contribution in [0.1, 0.15) is 88.5 Å². The molecular formula is C21H42N2O3. The summed E-state index contributed by atoms with van der Waals surface area (Å²) in [5.41, 5.74) is -0.417. The molecule has 1 heterocycles. The molecule has 1 saturated heterocycles. The highest BCUT2D eigenvalue weighted by Crippen LogP contribution is 2.39. The molecule has 1 fully saturated rings. The third-order valence-corrected chi connectivity index (χ3v) is 5.83. The van der Waals surface area contributed by atoms with Crippen molar-refractivity contribution in [3.05, 3.63) is 0 Å². The highest BCUT2D eigenvalue weighted by Gasteiger charge is 2.46. The molecule has 1 aliphatic rings. The normalized spacial score (nSPS) is 23.9. The Kier molecular flexibility index (Phi) is 7.71. The molecule has 0 aromatic heterocycles. The van der Waals surface area contributed by atoms with E-state index in [0.29, 0.717) is 0 Å². The van der Waals surface area contributed by atoms with Crippen LogP contribution in [0.5, 0.6) is 0 Å². The summed E-state index contributed by atoms with van der Waals surface area (Å²) in [5, 5.41) is 12.3. The van der Waals surface area contributed by atoms with E-state index in [0.717, 1.165) is 19.3 Å². The molecule has 1 N–H and O–H groups in total. The zero-order chi connectivity index (χ0) is 20.4. The first-order chi connectivity index (χ1) is 11.7. The van der Waals surface area contributed by atoms with Crippen molar-refractivity contribution in [2.24, 2.45) is 5.92 Å². The van der Waals surface area contributed by atoms with Gasteiger partial charge in [0.2, 0.25) is 0 Å². The molecule has 0 radical (unpaired) electrons. The second-order valence-electron chi connectivity index (χ2n) is 9.82. The van der Waals surface area contributed by atoms with Gasteiger partial charge in [-0.3, -0.25) is 4.90 Å². The maximum atomic E-state index is 13.2. The van der Waals surface area contributed by atoms with Crippen LogP contribution in [0.2, 0.25) is 0 Å². The highest BCUT2D eigenvalue weighted by atomic mass is 16.7. The number of aliphatic hydroxyl groups is 1. The fourth-order valence-electron chi connectivity index (χ4n) is 4.89. The number of nitrogens with zero attached hydrogens (tertiary/aromatic N) is 2. The number of hydrogen-bond acceptors (Lipinski definition) is 5. The molecule has 0 aromatic rings. The summed E-state index contributed by atoms with van der Waals surface area (Å²) in [5.74, 6) is -0.921. The van der Waals surface area contributed by atoms with Gasteiger partial charge in [0.05, 0.1) is 23.1 Å². The van der Waals surface area contributed by atoms with Crippen molar-refractivity contribution in [2.75, 3.05) is 0 Å². The van der Waals surface area contributed by atoms with Crippen LogP contribution in [-0.2, 0) is 9.63 Å². The predicted molar refractivity (Wildman–Crippen MR) is 107 cm³/mol. The van der Waals surface area contributed by atoms with E-state index in [-0.39, 0.29) is 35.2 Å². The van der Waals surface area contributed by atoms with E-state index in [1.807, 2.05) is 12.0 Å². The summed E-state index contributed by atoms with van der Waals surface area (Å²) >= 11 is 0. The van der Waals surface area contributed by atoms with Crippen molar-refractivity contribution < 1.29 is 14.7 Å². The molecule has 1 rings (SSSR count). The Balaban J connectivity index is 3.08. The lowest BCUT2D eigenvalue weighted by molar-refractivity contribution is -0.271. The van der Waals surface area contributed by atoms with E-state index in [1.54, 1.807) is 6.92 Å². The summed E-state index contributed by atoms with van der Waals surface area (Å²) < 4.78 is 0. The molecule has 26 heavy (non-hydrogen) atoms. The molecule has 1 aliphatic heterocycles. The number of aliphatic hydroxyl groups excluding tert-OH is 1. The lowest BCUT2D eigenvalue weighted by Gasteiger charge is -2.51. The number of rotatable bonds is 7. The summed E-state index contributed by atoms with van der Waals surface area (Å²) in [6.07, 6.45) is 2.33. The van der Waals surface area contributed by atoms with E-state index < -0.39 is 12.0 Å². The van der Waals surface area contributed by atoms with Gasteiger partial charge in [-0.25, -0.2) is 4.79 Å². The second kappa shape index (κ2) is 8.57. The van der Waals surface area contributed by atoms with Crippen molar-refractivity contribution in [3.8, 4) is 0 Å². The third-order valence-electron chi connectivity index (χ3n) is 5.83. The van der Waals surface area contributed by atoms with E-state index in [1.165, 1.54) is 0 Å². The number of hydrogen-bond donors (Lipinski definition) is 1. The minimum absolute atomic E-state index is 0.112. The minimum Gasteiger partial charge on any atom is -0.392 e. The summed E-state index contributed by atoms with van der Waals surface area (Å²) in [7, 11) is 0. The maximum absolute atomic E-state index is 13.2. The summed E-state index contributed by atoms with van der Waals surface area (Å²) in [6.45, 7) is 20.7. The lowest BCUT2D eigenvalue weighted by atomic mass is 9.82. The van der Waals surface area contributed by atoms with Gasteiger partial charge in [-0.05, 0) is 88.5 Å². The lowest BCUT2D eigenvalue weighted by Crippen LogP contribution is -2.60. The molecule has 0 aromatic carbocycles. The molecule has 0 amide bonds. The van der Waals surface area contributed by atoms with Gasteiger partial charge in [0, 0.05) is 18.1 Å². The number of hydroxylamine groups is 2. The topological polar surface area (TPSA) is 53.0 Å². The van der Waals surface area contributed by atoms with Gasteiger partial charge in [-0.2, -0.15) is 0 Å². The van der Waals surface area contributed by atoms with Crippen molar-refractivity contribution in [1.29, 1.82) is 0 Å². The first-order valence-electron chi connectivity index (χ1n) is 10.2. The first kappa shape index (κ1) is 23.4. The Morgan fingerprint density at radius 1 is 0.962 bits per heavy atom. The molecule has 3 unspecified atom stereocenters. The first-order valence-corrected chi connectivity index (χ1v) is 10.2. The van der Waals surface area contributed by atoms with E-state index in [9.17, 15) is 9.90 Å². The Morgan fingerprint density at radius 3 is 1.73 bits per heavy atom. The van der Waals surface area contributed by atoms with Crippen LogP contribution < -0.4 is 0 Å². The highest BCUT2D eigenvalue weighted by molar-refractivity contribution is 5.73. The van der Waals surface area contributed by atoms with Gasteiger partial charge in [0.1, 0.15) is 0 Å². The number of carbonyl (C=O) groups excluding carboxylic acids is 1. The van der Waals surface area contributed by atoms with Crippen LogP contribution in [0, 0.1) is 5.92 Å². The van der Waals surface area contributed by atoms with Crippen LogP contribution in [0.3, 0.4) is 0 Å². The average molecular weight is 371 g/mol. The molecule has 0 aliphatic carbocycles. The van der Waals surface area contributed by atoms with Gasteiger partial charge >= 0.3 is 5.97 Å². The molecule has 154 valence electrons. The molecule has 0 spiro atoms. The van der Waals surface area contributed by atoms with Crippen LogP contribution in [0.25, 0.3) is 0 Å². The van der Waals surface area contributed by atoms with E-state index >= 15 is 0 Å². The van der Waals surface area contributed by atoms with Gasteiger partial charge in [-0.15, -0.1) is 5.06 Å². The predicted octanol–water partition coefficient (Wildman–Crippen LogP) is 3.99. The Bertz CT molecular complexity index is 448. The van der Waals surface area contributed by atoms with Gasteiger partial charge in [-0.1, -0.05) is 0 Å². The molecule has 3 atom stereocenters. The standard InChI is InChI=1S/C21H42N2O3/c1-14(2)22(15(3)4)16(5)18(17(6)24)19(25)26-23-20(7,8)12-11-13-21(23,9)10/h14-18,24H,11-13H2,1-10H3. The fourth-order valence-corrected chi connectivity index (χ4v) is 4.89. The van der Waals surface area contributed by atoms with Crippen molar-refractivity contribution in [3.63, 3.8) is 0 Å². The minimum atomic E-state index is -0.770. The third kappa shape index (κ3) is 5.20. The fraction of sp³-hybridized carbons (Fsp3) is 0.952. The Hall–Kier alpha value is -0.650. The van der Waals surface area contributed by atoms with Crippen LogP contribution >= 0.6 is 0 Å². The SMILES string of the molecule is CC(O)C(C(=O)ON1C(C)(C)CCCC1(C)C)C(C)N(C(C)C)C(C)C. The zero-order valence-electron chi connectivity index (χ0n) is 18.7. The Labute approximate surface area is 161 Å². The molecule has 5 heteroatoms. The Morgan fingerprint density at radius 2 is 1.38 bits per heavy atom. The van der Waals surface area contributed by atoms with E-state index in [2.05, 4.69) is 60.3 Å². The van der Waals surface area contributed by atoms with Gasteiger partial charge in [0.15, 0.2) is 0 Å². The number of piperidine rings is 1. The van der Waals surface area contributed by atoms with E-state index in [4.69, 9.17) is 4.84 Å². The summed E-state index contributed by atoms with van der Waals surface area (Å²) in [4.78, 5) is 21.4. The van der Waals surface area contributed by atoms with Crippen LogP contribution in [0.15, 0.2) is 0 Å². The smallest absolute Gasteiger partial charge is 0.332 e. The second-order valence-corrected chi connectivity index (χ2v) is 9.82. The van der Waals surface area contributed by atoms with Gasteiger partial charge < -0.3 is 9.94 Å².